The average molecular weight is 571 g/mol. The van der Waals surface area contributed by atoms with Gasteiger partial charge in [0.15, 0.2) is 0 Å². The Balaban J connectivity index is 1.05. The van der Waals surface area contributed by atoms with E-state index in [1.807, 2.05) is 48.5 Å². The minimum Gasteiger partial charge on any atom is -0.416 e. The van der Waals surface area contributed by atoms with Gasteiger partial charge < -0.3 is 4.42 Å². The highest BCUT2D eigenvalue weighted by molar-refractivity contribution is 6.01. The van der Waals surface area contributed by atoms with E-state index >= 15 is 0 Å². The number of rotatable bonds is 8. The van der Waals surface area contributed by atoms with Gasteiger partial charge in [-0.15, -0.1) is 10.2 Å². The van der Waals surface area contributed by atoms with Crippen molar-refractivity contribution >= 4 is 29.6 Å². The maximum atomic E-state index is 5.90. The molecule has 0 saturated heterocycles. The van der Waals surface area contributed by atoms with Crippen molar-refractivity contribution < 1.29 is 4.42 Å². The molecule has 0 unspecified atom stereocenters. The second-order valence-corrected chi connectivity index (χ2v) is 10.6. The molecule has 0 fully saturated rings. The lowest BCUT2D eigenvalue weighted by Gasteiger charge is -2.24. The first kappa shape index (κ1) is 27.0. The predicted molar refractivity (Wildman–Crippen MR) is 180 cm³/mol. The quantitative estimate of drug-likeness (QED) is 0.171. The highest BCUT2D eigenvalue weighted by atomic mass is 16.4. The van der Waals surface area contributed by atoms with Crippen molar-refractivity contribution in [3.63, 3.8) is 0 Å². The first-order chi connectivity index (χ1) is 21.8. The fourth-order valence-electron chi connectivity index (χ4n) is 5.27. The molecule has 0 spiro atoms. The van der Waals surface area contributed by atoms with E-state index in [0.717, 1.165) is 40.1 Å². The maximum absolute atomic E-state index is 5.90. The van der Waals surface area contributed by atoms with E-state index in [1.165, 1.54) is 11.1 Å². The lowest BCUT2D eigenvalue weighted by molar-refractivity contribution is 0.584. The van der Waals surface area contributed by atoms with E-state index in [1.54, 1.807) is 0 Å². The molecule has 1 aromatic heterocycles. The van der Waals surface area contributed by atoms with E-state index < -0.39 is 0 Å². The van der Waals surface area contributed by atoms with Crippen LogP contribution in [0, 0.1) is 0 Å². The number of nitrogens with zero attached hydrogens (tertiary/aromatic N) is 4. The molecule has 44 heavy (non-hydrogen) atoms. The minimum atomic E-state index is 0.147. The molecular weight excluding hydrogens is 540 g/mol. The Morgan fingerprint density at radius 2 is 1.02 bits per heavy atom. The molecule has 0 bridgehead atoms. The third-order valence-electron chi connectivity index (χ3n) is 7.62. The summed E-state index contributed by atoms with van der Waals surface area (Å²) in [4.78, 5) is 0. The summed E-state index contributed by atoms with van der Waals surface area (Å²) in [5, 5.41) is 15.6. The molecule has 2 heterocycles. The Labute approximate surface area is 257 Å². The van der Waals surface area contributed by atoms with E-state index in [0.29, 0.717) is 11.8 Å². The predicted octanol–water partition coefficient (Wildman–Crippen LogP) is 9.59. The van der Waals surface area contributed by atoms with Crippen LogP contribution < -0.4 is 5.01 Å². The number of anilines is 1. The molecule has 0 aliphatic carbocycles. The van der Waals surface area contributed by atoms with Crippen molar-refractivity contribution in [2.24, 2.45) is 5.10 Å². The molecule has 5 nitrogen and oxygen atoms in total. The molecule has 0 radical (unpaired) electrons. The van der Waals surface area contributed by atoms with Crippen LogP contribution in [0.3, 0.4) is 0 Å². The Morgan fingerprint density at radius 3 is 1.66 bits per heavy atom. The Kier molecular flexibility index (Phi) is 7.74. The highest BCUT2D eigenvalue weighted by Gasteiger charge is 2.28. The molecule has 1 atom stereocenters. The molecule has 6 aromatic rings. The highest BCUT2D eigenvalue weighted by Crippen LogP contribution is 2.36. The van der Waals surface area contributed by atoms with Gasteiger partial charge in [-0.1, -0.05) is 121 Å². The van der Waals surface area contributed by atoms with Crippen LogP contribution in [-0.4, -0.2) is 15.9 Å². The van der Waals surface area contributed by atoms with E-state index in [2.05, 4.69) is 131 Å². The Hall–Kier alpha value is -5.81. The number of benzene rings is 5. The zero-order valence-electron chi connectivity index (χ0n) is 24.1. The SMILES string of the molecule is C(=C\c1ccccc1)/C1=NN(c2ccc(/C=C/c3ccc(-c4nnc(-c5ccccc5)o4)cc3)cc2)[C@H](c2ccccc2)C1. The van der Waals surface area contributed by atoms with Gasteiger partial charge in [-0.25, -0.2) is 0 Å². The lowest BCUT2D eigenvalue weighted by atomic mass is 10.0. The Bertz CT molecular complexity index is 1910. The van der Waals surface area contributed by atoms with Gasteiger partial charge >= 0.3 is 0 Å². The van der Waals surface area contributed by atoms with Gasteiger partial charge in [-0.3, -0.25) is 5.01 Å². The van der Waals surface area contributed by atoms with Crippen molar-refractivity contribution in [3.05, 3.63) is 168 Å². The first-order valence-corrected chi connectivity index (χ1v) is 14.7. The molecule has 1 aliphatic heterocycles. The summed E-state index contributed by atoms with van der Waals surface area (Å²) >= 11 is 0. The molecule has 5 aromatic carbocycles. The van der Waals surface area contributed by atoms with E-state index in [4.69, 9.17) is 9.52 Å². The number of hydrogen-bond donors (Lipinski definition) is 0. The average Bonchev–Trinajstić information content (AvgIpc) is 3.77. The van der Waals surface area contributed by atoms with Crippen LogP contribution in [0.4, 0.5) is 5.69 Å². The summed E-state index contributed by atoms with van der Waals surface area (Å²) in [5.74, 6) is 1.02. The van der Waals surface area contributed by atoms with Crippen LogP contribution in [0.1, 0.15) is 34.7 Å². The number of aromatic nitrogens is 2. The van der Waals surface area contributed by atoms with Gasteiger partial charge in [-0.2, -0.15) is 5.10 Å². The summed E-state index contributed by atoms with van der Waals surface area (Å²) in [6, 6.07) is 47.6. The van der Waals surface area contributed by atoms with Gasteiger partial charge in [0.05, 0.1) is 17.4 Å². The lowest BCUT2D eigenvalue weighted by Crippen LogP contribution is -2.18. The van der Waals surface area contributed by atoms with E-state index in [9.17, 15) is 0 Å². The maximum Gasteiger partial charge on any atom is 0.248 e. The molecular formula is C39H30N4O. The van der Waals surface area contributed by atoms with Crippen LogP contribution in [-0.2, 0) is 0 Å². The summed E-state index contributed by atoms with van der Waals surface area (Å²) in [6.45, 7) is 0. The van der Waals surface area contributed by atoms with Crippen LogP contribution in [0.2, 0.25) is 0 Å². The number of allylic oxidation sites excluding steroid dienone is 1. The third kappa shape index (κ3) is 6.18. The van der Waals surface area contributed by atoms with Crippen molar-refractivity contribution in [1.82, 2.24) is 10.2 Å². The van der Waals surface area contributed by atoms with Gasteiger partial charge in [0.2, 0.25) is 11.8 Å². The minimum absolute atomic E-state index is 0.147. The molecule has 0 amide bonds. The van der Waals surface area contributed by atoms with Crippen LogP contribution in [0.5, 0.6) is 0 Å². The van der Waals surface area contributed by atoms with Gasteiger partial charge in [0.25, 0.3) is 0 Å². The first-order valence-electron chi connectivity index (χ1n) is 14.7. The molecule has 0 N–H and O–H groups in total. The van der Waals surface area contributed by atoms with Crippen molar-refractivity contribution in [2.45, 2.75) is 12.5 Å². The smallest absolute Gasteiger partial charge is 0.248 e. The fourth-order valence-corrected chi connectivity index (χ4v) is 5.27. The second-order valence-electron chi connectivity index (χ2n) is 10.6. The van der Waals surface area contributed by atoms with Crippen LogP contribution >= 0.6 is 0 Å². The normalized spacial score (nSPS) is 14.9. The number of hydrazone groups is 1. The van der Waals surface area contributed by atoms with Crippen LogP contribution in [0.15, 0.2) is 155 Å². The molecule has 212 valence electrons. The monoisotopic (exact) mass is 570 g/mol. The van der Waals surface area contributed by atoms with Crippen LogP contribution in [0.25, 0.3) is 41.1 Å². The molecule has 0 saturated carbocycles. The van der Waals surface area contributed by atoms with E-state index in [-0.39, 0.29) is 6.04 Å². The zero-order chi connectivity index (χ0) is 29.6. The summed E-state index contributed by atoms with van der Waals surface area (Å²) in [5.41, 5.74) is 8.55. The van der Waals surface area contributed by atoms with Crippen molar-refractivity contribution in [3.8, 4) is 22.9 Å². The largest absolute Gasteiger partial charge is 0.416 e. The Morgan fingerprint density at radius 1 is 0.523 bits per heavy atom. The van der Waals surface area contributed by atoms with Gasteiger partial charge in [0, 0.05) is 17.5 Å². The van der Waals surface area contributed by atoms with Crippen molar-refractivity contribution in [2.75, 3.05) is 5.01 Å². The van der Waals surface area contributed by atoms with Gasteiger partial charge in [0.1, 0.15) is 0 Å². The summed E-state index contributed by atoms with van der Waals surface area (Å²) in [7, 11) is 0. The standard InChI is InChI=1S/C39H30N4O/c1-4-10-29(11-5-1)20-25-35-28-37(32-12-6-2-7-13-32)43(42-35)36-26-21-31(22-27-36)17-16-30-18-23-34(24-19-30)39-41-40-38(44-39)33-14-8-3-9-15-33/h1-27,37H,28H2/b17-16+,25-20+/t37-/m0/s1. The topological polar surface area (TPSA) is 54.5 Å². The number of hydrogen-bond acceptors (Lipinski definition) is 5. The summed E-state index contributed by atoms with van der Waals surface area (Å²) in [6.07, 6.45) is 9.34. The third-order valence-corrected chi connectivity index (χ3v) is 7.62. The molecule has 1 aliphatic rings. The molecule has 5 heteroatoms. The van der Waals surface area contributed by atoms with Gasteiger partial charge in [-0.05, 0) is 64.7 Å². The molecule has 7 rings (SSSR count). The fraction of sp³-hybridized carbons (Fsp3) is 0.0513. The van der Waals surface area contributed by atoms with Crippen molar-refractivity contribution in [1.29, 1.82) is 0 Å². The summed E-state index contributed by atoms with van der Waals surface area (Å²) < 4.78 is 5.90. The zero-order valence-corrected chi connectivity index (χ0v) is 24.1. The second kappa shape index (κ2) is 12.6.